The largest absolute Gasteiger partial charge is 0.508 e. The van der Waals surface area contributed by atoms with E-state index in [1.165, 1.54) is 61.9 Å². The summed E-state index contributed by atoms with van der Waals surface area (Å²) in [5.41, 5.74) is 1.38. The number of carboxylic acids is 1. The Balaban J connectivity index is 0.000000198. The van der Waals surface area contributed by atoms with Crippen molar-refractivity contribution in [3.05, 3.63) is 111 Å². The molecule has 3 heterocycles. The van der Waals surface area contributed by atoms with Crippen molar-refractivity contribution < 1.29 is 29.6 Å². The molecular weight excluding hydrogens is 682 g/mol. The van der Waals surface area contributed by atoms with Crippen LogP contribution < -0.4 is 21.3 Å². The van der Waals surface area contributed by atoms with E-state index in [-0.39, 0.29) is 28.5 Å². The van der Waals surface area contributed by atoms with Crippen LogP contribution in [0.5, 0.6) is 11.5 Å². The van der Waals surface area contributed by atoms with Gasteiger partial charge >= 0.3 is 11.7 Å². The number of aromatic nitrogens is 5. The molecule has 53 heavy (non-hydrogen) atoms. The fourth-order valence-corrected chi connectivity index (χ4v) is 5.89. The summed E-state index contributed by atoms with van der Waals surface area (Å²) in [4.78, 5) is 53.6. The molecule has 1 aliphatic carbocycles. The van der Waals surface area contributed by atoms with Gasteiger partial charge in [-0.1, -0.05) is 25.0 Å². The number of aromatic carboxylic acids is 1. The van der Waals surface area contributed by atoms with Gasteiger partial charge in [0.25, 0.3) is 5.56 Å². The van der Waals surface area contributed by atoms with Gasteiger partial charge in [-0.25, -0.2) is 14.6 Å². The van der Waals surface area contributed by atoms with Gasteiger partial charge in [0.05, 0.1) is 24.6 Å². The molecule has 1 aliphatic rings. The SMILES string of the molecule is CC(=O)Nc1ccc(O)cc1.COc1cccc([C@@]2(O)CCCC[C@@H]2CN(C)C)c1.Cn1c(=O)c2c(ncn2C)n(C)c1=O.O=C(O)c1cccnc1. The van der Waals surface area contributed by atoms with Crippen molar-refractivity contribution in [2.75, 3.05) is 33.1 Å². The van der Waals surface area contributed by atoms with E-state index in [2.05, 4.69) is 34.3 Å². The zero-order chi connectivity index (χ0) is 39.3. The van der Waals surface area contributed by atoms with Crippen LogP contribution in [0.4, 0.5) is 5.69 Å². The number of methoxy groups -OCH3 is 1. The number of phenols is 1. The number of benzene rings is 2. The summed E-state index contributed by atoms with van der Waals surface area (Å²) in [6, 6.07) is 17.3. The van der Waals surface area contributed by atoms with Crippen molar-refractivity contribution in [2.24, 2.45) is 27.1 Å². The van der Waals surface area contributed by atoms with Crippen LogP contribution in [0.15, 0.2) is 89.0 Å². The Bertz CT molecular complexity index is 2070. The lowest BCUT2D eigenvalue weighted by atomic mass is 9.71. The smallest absolute Gasteiger partial charge is 0.337 e. The Kier molecular flexibility index (Phi) is 15.0. The van der Waals surface area contributed by atoms with E-state index in [1.807, 2.05) is 24.3 Å². The third-order valence-electron chi connectivity index (χ3n) is 8.60. The number of imidazole rings is 1. The topological polar surface area (TPSA) is 194 Å². The zero-order valence-electron chi connectivity index (χ0n) is 31.2. The fraction of sp³-hybridized carbons (Fsp3) is 0.368. The van der Waals surface area contributed by atoms with E-state index in [0.29, 0.717) is 22.8 Å². The second-order valence-corrected chi connectivity index (χ2v) is 12.9. The van der Waals surface area contributed by atoms with Crippen LogP contribution in [0.3, 0.4) is 0 Å². The highest BCUT2D eigenvalue weighted by Crippen LogP contribution is 2.42. The first-order chi connectivity index (χ1) is 25.1. The lowest BCUT2D eigenvalue weighted by Gasteiger charge is -2.41. The van der Waals surface area contributed by atoms with Crippen molar-refractivity contribution in [1.82, 2.24) is 28.6 Å². The van der Waals surface area contributed by atoms with Gasteiger partial charge in [0.1, 0.15) is 11.5 Å². The average molecular weight is 732 g/mol. The van der Waals surface area contributed by atoms with Crippen LogP contribution in [0.1, 0.15) is 48.5 Å². The number of nitrogens with zero attached hydrogens (tertiary/aromatic N) is 6. The zero-order valence-corrected chi connectivity index (χ0v) is 31.2. The summed E-state index contributed by atoms with van der Waals surface area (Å²) >= 11 is 0. The highest BCUT2D eigenvalue weighted by atomic mass is 16.5. The monoisotopic (exact) mass is 731 g/mol. The summed E-state index contributed by atoms with van der Waals surface area (Å²) in [6.07, 6.45) is 8.60. The molecule has 5 aromatic rings. The number of hydrogen-bond donors (Lipinski definition) is 4. The van der Waals surface area contributed by atoms with Gasteiger partial charge in [0.15, 0.2) is 11.2 Å². The minimum Gasteiger partial charge on any atom is -0.508 e. The van der Waals surface area contributed by atoms with Crippen LogP contribution in [-0.4, -0.2) is 83.5 Å². The molecule has 15 heteroatoms. The second kappa shape index (κ2) is 19.2. The number of anilines is 1. The van der Waals surface area contributed by atoms with Gasteiger partial charge in [0.2, 0.25) is 5.91 Å². The number of aryl methyl sites for hydroxylation is 2. The summed E-state index contributed by atoms with van der Waals surface area (Å²) in [7, 11) is 10.6. The molecule has 4 N–H and O–H groups in total. The third-order valence-corrected chi connectivity index (χ3v) is 8.60. The first kappa shape index (κ1) is 41.6. The Morgan fingerprint density at radius 2 is 1.72 bits per heavy atom. The summed E-state index contributed by atoms with van der Waals surface area (Å²) < 4.78 is 9.33. The standard InChI is InChI=1S/C16H25NO2.C8H10N4O2.C8H9NO2.C6H5NO2/c1-17(2)12-14-7-4-5-10-16(14,18)13-8-6-9-15(11-13)19-3;1-10-4-9-6-5(10)7(13)12(3)8(14)11(6)2;1-6(10)9-7-2-4-8(11)5-3-7;8-6(9)5-2-1-3-7-4-5/h6,8-9,11,14,18H,4-5,7,10,12H2,1-3H3;4H,1-3H3;2-5,11H,1H3,(H,9,10);1-4H,(H,8,9)/t14-,16+;;;/m1.../s1. The Morgan fingerprint density at radius 3 is 2.28 bits per heavy atom. The number of carbonyl (C=O) groups excluding carboxylic acids is 1. The van der Waals surface area contributed by atoms with Gasteiger partial charge < -0.3 is 34.8 Å². The van der Waals surface area contributed by atoms with Gasteiger partial charge in [-0.05, 0) is 81.0 Å². The molecule has 2 atom stereocenters. The lowest BCUT2D eigenvalue weighted by molar-refractivity contribution is -0.114. The number of aromatic hydroxyl groups is 1. The number of amides is 1. The number of pyridine rings is 1. The van der Waals surface area contributed by atoms with E-state index in [0.717, 1.165) is 41.7 Å². The molecule has 0 aliphatic heterocycles. The van der Waals surface area contributed by atoms with Crippen LogP contribution in [0.2, 0.25) is 0 Å². The quantitative estimate of drug-likeness (QED) is 0.186. The highest BCUT2D eigenvalue weighted by molar-refractivity contribution is 5.88. The van der Waals surface area contributed by atoms with Gasteiger partial charge in [-0.15, -0.1) is 0 Å². The summed E-state index contributed by atoms with van der Waals surface area (Å²) in [6.45, 7) is 2.36. The normalized spacial score (nSPS) is 16.2. The van der Waals surface area contributed by atoms with E-state index in [4.69, 9.17) is 14.9 Å². The van der Waals surface area contributed by atoms with Crippen LogP contribution in [0, 0.1) is 5.92 Å². The number of phenolic OH excluding ortho intramolecular Hbond substituents is 1. The predicted octanol–water partition coefficient (Wildman–Crippen LogP) is 3.74. The molecule has 15 nitrogen and oxygen atoms in total. The second-order valence-electron chi connectivity index (χ2n) is 12.9. The maximum atomic E-state index is 11.7. The van der Waals surface area contributed by atoms with Crippen LogP contribution in [-0.2, 0) is 31.5 Å². The number of rotatable bonds is 6. The van der Waals surface area contributed by atoms with Crippen molar-refractivity contribution in [3.8, 4) is 11.5 Å². The van der Waals surface area contributed by atoms with E-state index in [1.54, 1.807) is 44.0 Å². The van der Waals surface area contributed by atoms with Crippen molar-refractivity contribution >= 4 is 28.7 Å². The number of carbonyl (C=O) groups is 2. The molecule has 284 valence electrons. The molecule has 0 spiro atoms. The van der Waals surface area contributed by atoms with E-state index in [9.17, 15) is 24.3 Å². The predicted molar refractivity (Wildman–Crippen MR) is 202 cm³/mol. The van der Waals surface area contributed by atoms with Crippen LogP contribution >= 0.6 is 0 Å². The number of fused-ring (bicyclic) bond motifs is 1. The lowest BCUT2D eigenvalue weighted by Crippen LogP contribution is -2.43. The fourth-order valence-electron chi connectivity index (χ4n) is 5.89. The molecule has 1 saturated carbocycles. The maximum absolute atomic E-state index is 11.7. The molecule has 1 fully saturated rings. The Morgan fingerprint density at radius 1 is 1.02 bits per heavy atom. The number of ether oxygens (including phenoxy) is 1. The summed E-state index contributed by atoms with van der Waals surface area (Å²) in [5, 5.41) is 31.0. The van der Waals surface area contributed by atoms with Gasteiger partial charge in [0, 0.05) is 58.6 Å². The van der Waals surface area contributed by atoms with Crippen molar-refractivity contribution in [3.63, 3.8) is 0 Å². The molecular formula is C38H49N7O8. The van der Waals surface area contributed by atoms with E-state index >= 15 is 0 Å². The molecule has 0 bridgehead atoms. The average Bonchev–Trinajstić information content (AvgIpc) is 3.54. The van der Waals surface area contributed by atoms with Crippen molar-refractivity contribution in [1.29, 1.82) is 0 Å². The Hall–Kier alpha value is -5.80. The minimum absolute atomic E-state index is 0.115. The van der Waals surface area contributed by atoms with Crippen LogP contribution in [0.25, 0.3) is 11.2 Å². The molecule has 0 unspecified atom stereocenters. The third kappa shape index (κ3) is 11.3. The molecule has 1 amide bonds. The molecule has 6 rings (SSSR count). The number of nitrogens with one attached hydrogen (secondary N) is 1. The number of carboxylic acid groups (broad SMARTS) is 1. The van der Waals surface area contributed by atoms with Crippen molar-refractivity contribution in [2.45, 2.75) is 38.2 Å². The first-order valence-corrected chi connectivity index (χ1v) is 16.9. The maximum Gasteiger partial charge on any atom is 0.337 e. The van der Waals surface area contributed by atoms with Gasteiger partial charge in [-0.3, -0.25) is 23.7 Å². The number of aliphatic hydroxyl groups is 1. The molecule has 0 radical (unpaired) electrons. The molecule has 2 aromatic carbocycles. The molecule has 3 aromatic heterocycles. The minimum atomic E-state index is -0.942. The Labute approximate surface area is 307 Å². The first-order valence-electron chi connectivity index (χ1n) is 16.9. The highest BCUT2D eigenvalue weighted by Gasteiger charge is 2.40. The summed E-state index contributed by atoms with van der Waals surface area (Å²) in [5.74, 6) is 0.251. The van der Waals surface area contributed by atoms with E-state index < -0.39 is 11.6 Å². The number of hydrogen-bond acceptors (Lipinski definition) is 10. The molecule has 0 saturated heterocycles. The van der Waals surface area contributed by atoms with Gasteiger partial charge in [-0.2, -0.15) is 0 Å².